The van der Waals surface area contributed by atoms with E-state index >= 15 is 0 Å². The molecule has 0 bridgehead atoms. The van der Waals surface area contributed by atoms with Crippen LogP contribution in [0, 0.1) is 23.7 Å². The van der Waals surface area contributed by atoms with Crippen molar-refractivity contribution < 1.29 is 4.79 Å². The van der Waals surface area contributed by atoms with Gasteiger partial charge < -0.3 is 4.79 Å². The molecule has 2 unspecified atom stereocenters. The summed E-state index contributed by atoms with van der Waals surface area (Å²) in [5, 5.41) is 0. The molecule has 1 heteroatoms. The molecule has 1 nitrogen and oxygen atoms in total. The standard InChI is InChI=1S/C13H20O/c1-9-3-6-12-10(2)4-5-11(8-14)13(12)7-9/h8-9,11-13H,2-7H2,1H3/t9?,11?,12-,13-/m1/s1. The van der Waals surface area contributed by atoms with Gasteiger partial charge in [-0.05, 0) is 43.4 Å². The molecule has 0 aromatic heterocycles. The van der Waals surface area contributed by atoms with Crippen LogP contribution in [-0.4, -0.2) is 6.29 Å². The number of fused-ring (bicyclic) bond motifs is 1. The summed E-state index contributed by atoms with van der Waals surface area (Å²) in [6, 6.07) is 0. The van der Waals surface area contributed by atoms with Crippen molar-refractivity contribution >= 4 is 6.29 Å². The topological polar surface area (TPSA) is 17.1 Å². The lowest BCUT2D eigenvalue weighted by Crippen LogP contribution is -2.35. The van der Waals surface area contributed by atoms with Crippen molar-refractivity contribution in [2.75, 3.05) is 0 Å². The minimum absolute atomic E-state index is 0.327. The molecule has 0 radical (unpaired) electrons. The van der Waals surface area contributed by atoms with Gasteiger partial charge in [0.15, 0.2) is 0 Å². The summed E-state index contributed by atoms with van der Waals surface area (Å²) >= 11 is 0. The molecule has 2 rings (SSSR count). The summed E-state index contributed by atoms with van der Waals surface area (Å²) in [5.74, 6) is 2.42. The number of allylic oxidation sites excluding steroid dienone is 1. The van der Waals surface area contributed by atoms with Gasteiger partial charge in [-0.3, -0.25) is 0 Å². The Bertz CT molecular complexity index is 244. The van der Waals surface area contributed by atoms with Crippen molar-refractivity contribution in [2.24, 2.45) is 23.7 Å². The molecule has 2 aliphatic carbocycles. The number of hydrogen-bond donors (Lipinski definition) is 0. The van der Waals surface area contributed by atoms with E-state index in [0.717, 1.165) is 18.8 Å². The molecule has 0 heterocycles. The number of carbonyl (C=O) groups excluding carboxylic acids is 1. The second-order valence-corrected chi connectivity index (χ2v) is 5.19. The highest BCUT2D eigenvalue weighted by atomic mass is 16.1. The van der Waals surface area contributed by atoms with Crippen molar-refractivity contribution in [1.82, 2.24) is 0 Å². The zero-order chi connectivity index (χ0) is 10.1. The molecular formula is C13H20O. The van der Waals surface area contributed by atoms with Crippen molar-refractivity contribution in [3.05, 3.63) is 12.2 Å². The maximum absolute atomic E-state index is 11.0. The first-order valence-electron chi connectivity index (χ1n) is 5.85. The first-order chi connectivity index (χ1) is 6.72. The predicted molar refractivity (Wildman–Crippen MR) is 57.9 cm³/mol. The highest BCUT2D eigenvalue weighted by Crippen LogP contribution is 2.46. The molecule has 0 aromatic carbocycles. The molecular weight excluding hydrogens is 172 g/mol. The zero-order valence-electron chi connectivity index (χ0n) is 9.04. The van der Waals surface area contributed by atoms with Crippen LogP contribution in [0.1, 0.15) is 39.0 Å². The van der Waals surface area contributed by atoms with Gasteiger partial charge in [0.25, 0.3) is 0 Å². The van der Waals surface area contributed by atoms with Crippen LogP contribution in [0.2, 0.25) is 0 Å². The molecule has 0 amide bonds. The number of carbonyl (C=O) groups is 1. The lowest BCUT2D eigenvalue weighted by Gasteiger charge is -2.42. The Morgan fingerprint density at radius 2 is 2.14 bits per heavy atom. The fourth-order valence-corrected chi connectivity index (χ4v) is 3.33. The second-order valence-electron chi connectivity index (χ2n) is 5.19. The molecule has 0 saturated heterocycles. The molecule has 0 spiro atoms. The Balaban J connectivity index is 2.14. The number of rotatable bonds is 1. The Kier molecular flexibility index (Phi) is 2.76. The van der Waals surface area contributed by atoms with Gasteiger partial charge in [0.1, 0.15) is 6.29 Å². The third-order valence-corrected chi connectivity index (χ3v) is 4.21. The fraction of sp³-hybridized carbons (Fsp3) is 0.769. The lowest BCUT2D eigenvalue weighted by atomic mass is 9.62. The van der Waals surface area contributed by atoms with Crippen LogP contribution >= 0.6 is 0 Å². The van der Waals surface area contributed by atoms with Gasteiger partial charge in [0.05, 0.1) is 0 Å². The van der Waals surface area contributed by atoms with E-state index in [1.807, 2.05) is 0 Å². The van der Waals surface area contributed by atoms with E-state index in [0.29, 0.717) is 17.8 Å². The Hall–Kier alpha value is -0.590. The second kappa shape index (κ2) is 3.88. The quantitative estimate of drug-likeness (QED) is 0.460. The highest BCUT2D eigenvalue weighted by molar-refractivity contribution is 5.55. The van der Waals surface area contributed by atoms with Crippen LogP contribution in [0.25, 0.3) is 0 Å². The average molecular weight is 192 g/mol. The predicted octanol–water partition coefficient (Wildman–Crippen LogP) is 3.20. The van der Waals surface area contributed by atoms with Gasteiger partial charge >= 0.3 is 0 Å². The van der Waals surface area contributed by atoms with Gasteiger partial charge in [-0.15, -0.1) is 0 Å². The lowest BCUT2D eigenvalue weighted by molar-refractivity contribution is -0.114. The highest BCUT2D eigenvalue weighted by Gasteiger charge is 2.38. The third-order valence-electron chi connectivity index (χ3n) is 4.21. The molecule has 4 atom stereocenters. The Morgan fingerprint density at radius 3 is 2.86 bits per heavy atom. The van der Waals surface area contributed by atoms with Gasteiger partial charge in [-0.1, -0.05) is 25.5 Å². The van der Waals surface area contributed by atoms with E-state index in [2.05, 4.69) is 13.5 Å². The van der Waals surface area contributed by atoms with Crippen LogP contribution in [0.15, 0.2) is 12.2 Å². The van der Waals surface area contributed by atoms with Crippen LogP contribution in [-0.2, 0) is 4.79 Å². The van der Waals surface area contributed by atoms with Crippen LogP contribution in [0.4, 0.5) is 0 Å². The van der Waals surface area contributed by atoms with Gasteiger partial charge in [0, 0.05) is 5.92 Å². The maximum Gasteiger partial charge on any atom is 0.123 e. The van der Waals surface area contributed by atoms with E-state index in [1.165, 1.54) is 31.1 Å². The SMILES string of the molecule is C=C1CCC(C=O)[C@H]2CC(C)CC[C@H]12. The first kappa shape index (κ1) is 9.95. The molecule has 2 aliphatic rings. The molecule has 78 valence electrons. The van der Waals surface area contributed by atoms with Crippen molar-refractivity contribution in [2.45, 2.75) is 39.0 Å². The number of hydrogen-bond acceptors (Lipinski definition) is 1. The number of aldehydes is 1. The summed E-state index contributed by atoms with van der Waals surface area (Å²) in [4.78, 5) is 11.0. The van der Waals surface area contributed by atoms with E-state index in [1.54, 1.807) is 0 Å². The smallest absolute Gasteiger partial charge is 0.123 e. The van der Waals surface area contributed by atoms with E-state index < -0.39 is 0 Å². The summed E-state index contributed by atoms with van der Waals surface area (Å²) in [5.41, 5.74) is 1.42. The van der Waals surface area contributed by atoms with Crippen molar-refractivity contribution in [3.8, 4) is 0 Å². The van der Waals surface area contributed by atoms with E-state index in [4.69, 9.17) is 0 Å². The molecule has 14 heavy (non-hydrogen) atoms. The summed E-state index contributed by atoms with van der Waals surface area (Å²) in [6.07, 6.45) is 7.17. The van der Waals surface area contributed by atoms with E-state index in [9.17, 15) is 4.79 Å². The first-order valence-corrected chi connectivity index (χ1v) is 5.85. The van der Waals surface area contributed by atoms with Crippen molar-refractivity contribution in [3.63, 3.8) is 0 Å². The van der Waals surface area contributed by atoms with E-state index in [-0.39, 0.29) is 0 Å². The Morgan fingerprint density at radius 1 is 1.36 bits per heavy atom. The van der Waals surface area contributed by atoms with Crippen LogP contribution in [0.5, 0.6) is 0 Å². The van der Waals surface area contributed by atoms with Crippen LogP contribution < -0.4 is 0 Å². The van der Waals surface area contributed by atoms with Gasteiger partial charge in [-0.2, -0.15) is 0 Å². The molecule has 0 aromatic rings. The zero-order valence-corrected chi connectivity index (χ0v) is 9.04. The normalized spacial score (nSPS) is 43.1. The Labute approximate surface area is 86.6 Å². The molecule has 0 aliphatic heterocycles. The van der Waals surface area contributed by atoms with Gasteiger partial charge in [0.2, 0.25) is 0 Å². The maximum atomic E-state index is 11.0. The summed E-state index contributed by atoms with van der Waals surface area (Å²) < 4.78 is 0. The summed E-state index contributed by atoms with van der Waals surface area (Å²) in [7, 11) is 0. The minimum Gasteiger partial charge on any atom is -0.303 e. The minimum atomic E-state index is 0.327. The average Bonchev–Trinajstić information content (AvgIpc) is 2.18. The molecule has 0 N–H and O–H groups in total. The van der Waals surface area contributed by atoms with Crippen LogP contribution in [0.3, 0.4) is 0 Å². The van der Waals surface area contributed by atoms with Crippen molar-refractivity contribution in [1.29, 1.82) is 0 Å². The monoisotopic (exact) mass is 192 g/mol. The third kappa shape index (κ3) is 1.65. The molecule has 2 saturated carbocycles. The summed E-state index contributed by atoms with van der Waals surface area (Å²) in [6.45, 7) is 6.49. The molecule has 2 fully saturated rings. The fourth-order valence-electron chi connectivity index (χ4n) is 3.33. The van der Waals surface area contributed by atoms with Gasteiger partial charge in [-0.25, -0.2) is 0 Å². The largest absolute Gasteiger partial charge is 0.303 e.